The predicted octanol–water partition coefficient (Wildman–Crippen LogP) is 5.63. The maximum absolute atomic E-state index is 6.50. The minimum absolute atomic E-state index is 0.125. The summed E-state index contributed by atoms with van der Waals surface area (Å²) in [6.45, 7) is 2.05. The Hall–Kier alpha value is -4.05. The van der Waals surface area contributed by atoms with Gasteiger partial charge in [-0.1, -0.05) is 12.1 Å². The van der Waals surface area contributed by atoms with E-state index < -0.39 is 0 Å². The second kappa shape index (κ2) is 11.8. The van der Waals surface area contributed by atoms with Crippen LogP contribution >= 0.6 is 0 Å². The molecule has 2 aromatic carbocycles. The van der Waals surface area contributed by atoms with Crippen molar-refractivity contribution >= 4 is 28.4 Å². The van der Waals surface area contributed by atoms with Gasteiger partial charge in [0, 0.05) is 36.4 Å². The number of aromatic amines is 1. The Kier molecular flexibility index (Phi) is 7.82. The van der Waals surface area contributed by atoms with Crippen LogP contribution in [-0.2, 0) is 0 Å². The summed E-state index contributed by atoms with van der Waals surface area (Å²) in [5.41, 5.74) is 4.21. The highest BCUT2D eigenvalue weighted by Gasteiger charge is 2.24. The van der Waals surface area contributed by atoms with Gasteiger partial charge in [-0.05, 0) is 76.9 Å². The predicted molar refractivity (Wildman–Crippen MR) is 162 cm³/mol. The zero-order valence-electron chi connectivity index (χ0n) is 24.3. The molecule has 0 amide bonds. The number of rotatable bonds is 9. The first-order valence-corrected chi connectivity index (χ1v) is 14.5. The zero-order chi connectivity index (χ0) is 28.3. The normalized spacial score (nSPS) is 16.5. The quantitative estimate of drug-likeness (QED) is 0.271. The van der Waals surface area contributed by atoms with Crippen LogP contribution in [0.4, 0.5) is 17.3 Å². The van der Waals surface area contributed by atoms with Crippen molar-refractivity contribution in [3.05, 3.63) is 42.5 Å². The van der Waals surface area contributed by atoms with E-state index in [1.54, 1.807) is 14.2 Å². The largest absolute Gasteiger partial charge is 0.497 e. The van der Waals surface area contributed by atoms with Gasteiger partial charge in [-0.2, -0.15) is 15.1 Å². The topological polar surface area (TPSA) is 101 Å². The summed E-state index contributed by atoms with van der Waals surface area (Å²) in [4.78, 5) is 14.4. The van der Waals surface area contributed by atoms with E-state index in [0.717, 1.165) is 91.1 Å². The van der Waals surface area contributed by atoms with Crippen LogP contribution in [0.5, 0.6) is 17.4 Å². The van der Waals surface area contributed by atoms with Crippen LogP contribution in [0.2, 0.25) is 0 Å². The molecular formula is C31H39N7O3. The molecule has 2 N–H and O–H groups in total. The third kappa shape index (κ3) is 5.74. The number of fused-ring (bicyclic) bond motifs is 1. The van der Waals surface area contributed by atoms with Gasteiger partial charge in [0.15, 0.2) is 5.65 Å². The van der Waals surface area contributed by atoms with E-state index in [1.165, 1.54) is 0 Å². The van der Waals surface area contributed by atoms with Crippen LogP contribution in [0.1, 0.15) is 38.5 Å². The maximum Gasteiger partial charge on any atom is 0.232 e. The Bertz CT molecular complexity index is 1490. The van der Waals surface area contributed by atoms with Gasteiger partial charge in [-0.3, -0.25) is 5.10 Å². The Labute approximate surface area is 241 Å². The second-order valence-electron chi connectivity index (χ2n) is 11.1. The van der Waals surface area contributed by atoms with Crippen LogP contribution in [-0.4, -0.2) is 78.6 Å². The number of ether oxygens (including phenoxy) is 3. The number of anilines is 3. The average molecular weight is 558 g/mol. The van der Waals surface area contributed by atoms with E-state index in [4.69, 9.17) is 24.2 Å². The van der Waals surface area contributed by atoms with Crippen molar-refractivity contribution in [2.75, 3.05) is 51.6 Å². The van der Waals surface area contributed by atoms with Crippen molar-refractivity contribution in [2.24, 2.45) is 0 Å². The summed E-state index contributed by atoms with van der Waals surface area (Å²) in [6, 6.07) is 14.7. The summed E-state index contributed by atoms with van der Waals surface area (Å²) >= 11 is 0. The number of methoxy groups -OCH3 is 2. The number of aromatic nitrogens is 4. The van der Waals surface area contributed by atoms with Crippen LogP contribution < -0.4 is 24.4 Å². The molecule has 2 fully saturated rings. The van der Waals surface area contributed by atoms with Gasteiger partial charge in [0.2, 0.25) is 11.8 Å². The van der Waals surface area contributed by atoms with E-state index in [9.17, 15) is 0 Å². The smallest absolute Gasteiger partial charge is 0.232 e. The summed E-state index contributed by atoms with van der Waals surface area (Å²) in [7, 11) is 7.68. The third-order valence-electron chi connectivity index (χ3n) is 8.31. The lowest BCUT2D eigenvalue weighted by atomic mass is 10.0. The molecule has 10 nitrogen and oxygen atoms in total. The van der Waals surface area contributed by atoms with Gasteiger partial charge < -0.3 is 29.3 Å². The summed E-state index contributed by atoms with van der Waals surface area (Å²) in [5.74, 6) is 2.43. The second-order valence-corrected chi connectivity index (χ2v) is 11.1. The monoisotopic (exact) mass is 557 g/mol. The Morgan fingerprint density at radius 2 is 1.76 bits per heavy atom. The molecule has 1 aliphatic carbocycles. The van der Waals surface area contributed by atoms with Gasteiger partial charge in [-0.25, -0.2) is 0 Å². The molecule has 1 saturated heterocycles. The number of hydrogen-bond acceptors (Lipinski definition) is 9. The number of benzene rings is 2. The molecule has 0 spiro atoms. The molecule has 1 saturated carbocycles. The number of nitrogens with one attached hydrogen (secondary N) is 2. The molecule has 41 heavy (non-hydrogen) atoms. The molecular weight excluding hydrogens is 518 g/mol. The van der Waals surface area contributed by atoms with E-state index in [-0.39, 0.29) is 6.10 Å². The molecule has 216 valence electrons. The van der Waals surface area contributed by atoms with Gasteiger partial charge in [0.25, 0.3) is 0 Å². The van der Waals surface area contributed by atoms with Gasteiger partial charge in [-0.15, -0.1) is 0 Å². The summed E-state index contributed by atoms with van der Waals surface area (Å²) in [6.07, 6.45) is 6.77. The molecule has 0 bridgehead atoms. The van der Waals surface area contributed by atoms with E-state index in [1.807, 2.05) is 30.3 Å². The van der Waals surface area contributed by atoms with Crippen molar-refractivity contribution < 1.29 is 14.2 Å². The fraction of sp³-hybridized carbons (Fsp3) is 0.452. The Balaban J connectivity index is 1.31. The Morgan fingerprint density at radius 3 is 2.49 bits per heavy atom. The number of hydrogen-bond donors (Lipinski definition) is 2. The molecule has 0 atom stereocenters. The lowest BCUT2D eigenvalue weighted by Gasteiger charge is -2.36. The van der Waals surface area contributed by atoms with Crippen molar-refractivity contribution in [3.63, 3.8) is 0 Å². The van der Waals surface area contributed by atoms with E-state index >= 15 is 0 Å². The minimum Gasteiger partial charge on any atom is -0.497 e. The molecule has 0 radical (unpaired) electrons. The number of H-pyrrole nitrogens is 1. The fourth-order valence-electron chi connectivity index (χ4n) is 5.93. The average Bonchev–Trinajstić information content (AvgIpc) is 3.68. The summed E-state index contributed by atoms with van der Waals surface area (Å²) in [5, 5.41) is 11.8. The van der Waals surface area contributed by atoms with Crippen LogP contribution in [0.15, 0.2) is 42.5 Å². The van der Waals surface area contributed by atoms with E-state index in [2.05, 4.69) is 51.5 Å². The van der Waals surface area contributed by atoms with Gasteiger partial charge in [0.1, 0.15) is 23.0 Å². The zero-order valence-corrected chi connectivity index (χ0v) is 24.3. The molecule has 2 aliphatic rings. The molecule has 6 rings (SSSR count). The lowest BCUT2D eigenvalue weighted by Crippen LogP contribution is -2.41. The SMILES string of the molecule is COc1cccc(-c2[nH]nc3nc(Nc4ccc(N5CCC(N(C)C)CC5)cc4OC)nc(OC4CCCC4)c23)c1. The summed E-state index contributed by atoms with van der Waals surface area (Å²) < 4.78 is 17.7. The van der Waals surface area contributed by atoms with Crippen LogP contribution in [0.3, 0.4) is 0 Å². The fourth-order valence-corrected chi connectivity index (χ4v) is 5.93. The first kappa shape index (κ1) is 27.1. The highest BCUT2D eigenvalue weighted by atomic mass is 16.5. The highest BCUT2D eigenvalue weighted by Crippen LogP contribution is 2.38. The molecule has 1 aliphatic heterocycles. The molecule has 2 aromatic heterocycles. The standard InChI is InChI=1S/C31H39N7O3/c1-37(2)21-14-16-38(17-15-21)22-12-13-25(26(19-22)40-4)32-31-33-29-27(30(34-31)41-23-9-5-6-10-23)28(35-36-29)20-8-7-11-24(18-20)39-3/h7-8,11-13,18-19,21,23H,5-6,9-10,14-17H2,1-4H3,(H2,32,33,34,35,36). The maximum atomic E-state index is 6.50. The third-order valence-corrected chi connectivity index (χ3v) is 8.31. The van der Waals surface area contributed by atoms with Crippen molar-refractivity contribution in [1.29, 1.82) is 0 Å². The van der Waals surface area contributed by atoms with E-state index in [0.29, 0.717) is 23.5 Å². The van der Waals surface area contributed by atoms with Crippen LogP contribution in [0.25, 0.3) is 22.3 Å². The first-order chi connectivity index (χ1) is 20.0. The molecule has 10 heteroatoms. The van der Waals surface area contributed by atoms with Crippen LogP contribution in [0, 0.1) is 0 Å². The van der Waals surface area contributed by atoms with Gasteiger partial charge >= 0.3 is 0 Å². The number of piperidine rings is 1. The van der Waals surface area contributed by atoms with Gasteiger partial charge in [0.05, 0.1) is 25.6 Å². The first-order valence-electron chi connectivity index (χ1n) is 14.5. The molecule has 0 unspecified atom stereocenters. The Morgan fingerprint density at radius 1 is 0.951 bits per heavy atom. The lowest BCUT2D eigenvalue weighted by molar-refractivity contribution is 0.204. The molecule has 3 heterocycles. The minimum atomic E-state index is 0.125. The number of nitrogens with zero attached hydrogens (tertiary/aromatic N) is 5. The highest BCUT2D eigenvalue weighted by molar-refractivity contribution is 5.95. The van der Waals surface area contributed by atoms with Crippen molar-refractivity contribution in [3.8, 4) is 28.6 Å². The molecule has 4 aromatic rings. The van der Waals surface area contributed by atoms with Crippen molar-refractivity contribution in [1.82, 2.24) is 25.1 Å². The van der Waals surface area contributed by atoms with Crippen molar-refractivity contribution in [2.45, 2.75) is 50.7 Å².